The number of hydrazone groups is 1. The van der Waals surface area contributed by atoms with E-state index in [0.29, 0.717) is 5.69 Å². The summed E-state index contributed by atoms with van der Waals surface area (Å²) in [5, 5.41) is 3.47. The molecule has 1 aromatic heterocycles. The lowest BCUT2D eigenvalue weighted by Crippen LogP contribution is -2.28. The van der Waals surface area contributed by atoms with Crippen LogP contribution in [0.5, 0.6) is 0 Å². The van der Waals surface area contributed by atoms with Crippen LogP contribution in [-0.2, 0) is 6.54 Å². The first-order chi connectivity index (χ1) is 6.58. The molecule has 0 amide bonds. The van der Waals surface area contributed by atoms with Crippen LogP contribution in [0.1, 0.15) is 5.69 Å². The van der Waals surface area contributed by atoms with Gasteiger partial charge in [0.2, 0.25) is 5.96 Å². The third-order valence-corrected chi connectivity index (χ3v) is 1.29. The Labute approximate surface area is 78.0 Å². The van der Waals surface area contributed by atoms with E-state index in [-0.39, 0.29) is 12.5 Å². The minimum Gasteiger partial charge on any atom is -0.369 e. The van der Waals surface area contributed by atoms with Crippen molar-refractivity contribution < 1.29 is 0 Å². The second-order valence-corrected chi connectivity index (χ2v) is 2.48. The molecule has 8 nitrogen and oxygen atoms in total. The smallest absolute Gasteiger partial charge is 0.325 e. The minimum absolute atomic E-state index is 0.128. The van der Waals surface area contributed by atoms with Crippen molar-refractivity contribution in [3.05, 3.63) is 32.6 Å². The second-order valence-electron chi connectivity index (χ2n) is 2.48. The summed E-state index contributed by atoms with van der Waals surface area (Å²) >= 11 is 0. The van der Waals surface area contributed by atoms with Crippen LogP contribution in [0.15, 0.2) is 20.8 Å². The maximum atomic E-state index is 10.8. The minimum atomic E-state index is -0.570. The molecule has 0 aromatic carbocycles. The molecule has 14 heavy (non-hydrogen) atoms. The number of hydrogen-bond acceptors (Lipinski definition) is 4. The monoisotopic (exact) mass is 198 g/mol. The van der Waals surface area contributed by atoms with Crippen LogP contribution in [0.2, 0.25) is 0 Å². The van der Waals surface area contributed by atoms with Crippen LogP contribution < -0.4 is 28.1 Å². The number of H-pyrrole nitrogens is 2. The topological polar surface area (TPSA) is 142 Å². The maximum Gasteiger partial charge on any atom is 0.325 e. The lowest BCUT2D eigenvalue weighted by atomic mass is 10.4. The van der Waals surface area contributed by atoms with Crippen LogP contribution >= 0.6 is 0 Å². The summed E-state index contributed by atoms with van der Waals surface area (Å²) in [4.78, 5) is 26.0. The van der Waals surface area contributed by atoms with Crippen molar-refractivity contribution in [1.29, 1.82) is 0 Å². The number of nitrogens with zero attached hydrogens (tertiary/aromatic N) is 1. The Kier molecular flexibility index (Phi) is 2.89. The van der Waals surface area contributed by atoms with Crippen molar-refractivity contribution >= 4 is 5.96 Å². The van der Waals surface area contributed by atoms with Gasteiger partial charge < -0.3 is 21.9 Å². The second kappa shape index (κ2) is 4.12. The fourth-order valence-corrected chi connectivity index (χ4v) is 0.831. The van der Waals surface area contributed by atoms with Gasteiger partial charge in [-0.25, -0.2) is 4.79 Å². The molecule has 0 aliphatic rings. The van der Waals surface area contributed by atoms with Crippen molar-refractivity contribution in [2.75, 3.05) is 0 Å². The third-order valence-electron chi connectivity index (χ3n) is 1.29. The molecule has 0 spiro atoms. The Balaban J connectivity index is 2.73. The first-order valence-corrected chi connectivity index (χ1v) is 3.72. The van der Waals surface area contributed by atoms with Crippen LogP contribution in [0.4, 0.5) is 0 Å². The van der Waals surface area contributed by atoms with Crippen molar-refractivity contribution in [2.24, 2.45) is 16.6 Å². The van der Waals surface area contributed by atoms with E-state index in [0.717, 1.165) is 0 Å². The zero-order chi connectivity index (χ0) is 10.6. The van der Waals surface area contributed by atoms with Crippen molar-refractivity contribution in [3.8, 4) is 0 Å². The molecule has 76 valence electrons. The Morgan fingerprint density at radius 2 is 2.14 bits per heavy atom. The Bertz CT molecular complexity index is 412. The highest BCUT2D eigenvalue weighted by atomic mass is 16.2. The first kappa shape index (κ1) is 9.84. The highest BCUT2D eigenvalue weighted by molar-refractivity contribution is 5.75. The van der Waals surface area contributed by atoms with Gasteiger partial charge in [0.25, 0.3) is 5.56 Å². The van der Waals surface area contributed by atoms with Gasteiger partial charge in [-0.15, -0.1) is 5.10 Å². The third kappa shape index (κ3) is 3.01. The van der Waals surface area contributed by atoms with Gasteiger partial charge >= 0.3 is 5.69 Å². The van der Waals surface area contributed by atoms with E-state index in [9.17, 15) is 9.59 Å². The molecule has 1 heterocycles. The Hall–Kier alpha value is -2.25. The van der Waals surface area contributed by atoms with Gasteiger partial charge in [-0.05, 0) is 0 Å². The quantitative estimate of drug-likeness (QED) is 0.205. The number of guanidine groups is 1. The molecule has 8 heteroatoms. The van der Waals surface area contributed by atoms with Crippen molar-refractivity contribution in [2.45, 2.75) is 6.54 Å². The summed E-state index contributed by atoms with van der Waals surface area (Å²) in [6.45, 7) is 0.164. The van der Waals surface area contributed by atoms with Crippen LogP contribution in [0.3, 0.4) is 0 Å². The number of rotatable bonds is 3. The van der Waals surface area contributed by atoms with E-state index >= 15 is 0 Å². The molecule has 0 saturated carbocycles. The fourth-order valence-electron chi connectivity index (χ4n) is 0.831. The number of aromatic nitrogens is 2. The molecule has 1 rings (SSSR count). The Morgan fingerprint density at radius 1 is 1.43 bits per heavy atom. The predicted octanol–water partition coefficient (Wildman–Crippen LogP) is -2.66. The van der Waals surface area contributed by atoms with Gasteiger partial charge in [0.15, 0.2) is 0 Å². The molecule has 0 atom stereocenters. The summed E-state index contributed by atoms with van der Waals surface area (Å²) in [7, 11) is 0. The molecule has 0 bridgehead atoms. The highest BCUT2D eigenvalue weighted by Crippen LogP contribution is 1.82. The number of nitrogens with two attached hydrogens (primary N) is 2. The average Bonchev–Trinajstić information content (AvgIpc) is 2.01. The lowest BCUT2D eigenvalue weighted by molar-refractivity contribution is 0.714. The van der Waals surface area contributed by atoms with Crippen molar-refractivity contribution in [3.63, 3.8) is 0 Å². The maximum absolute atomic E-state index is 10.8. The zero-order valence-corrected chi connectivity index (χ0v) is 7.20. The number of hydrogen-bond donors (Lipinski definition) is 5. The fraction of sp³-hybridized carbons (Fsp3) is 0.167. The summed E-state index contributed by atoms with van der Waals surface area (Å²) in [5.41, 5.74) is 11.9. The van der Waals surface area contributed by atoms with Crippen molar-refractivity contribution in [1.82, 2.24) is 15.4 Å². The molecule has 0 unspecified atom stereocenters. The van der Waals surface area contributed by atoms with Crippen LogP contribution in [-0.4, -0.2) is 15.9 Å². The summed E-state index contributed by atoms with van der Waals surface area (Å²) in [5.74, 6) is -0.128. The van der Waals surface area contributed by atoms with E-state index in [1.807, 2.05) is 4.98 Å². The molecule has 0 aliphatic heterocycles. The zero-order valence-electron chi connectivity index (χ0n) is 7.20. The standard InChI is InChI=1S/C6H10N6O2/c7-5(8)12-9-2-3-1-4(13)11-6(14)10-3/h1,9H,2H2,(H4,7,8,12)(H2,10,11,13,14). The normalized spacial score (nSPS) is 9.43. The molecule has 0 aliphatic carbocycles. The van der Waals surface area contributed by atoms with E-state index < -0.39 is 11.2 Å². The van der Waals surface area contributed by atoms with Crippen LogP contribution in [0, 0.1) is 0 Å². The first-order valence-electron chi connectivity index (χ1n) is 3.72. The van der Waals surface area contributed by atoms with Gasteiger partial charge in [-0.1, -0.05) is 0 Å². The Morgan fingerprint density at radius 3 is 2.71 bits per heavy atom. The van der Waals surface area contributed by atoms with Gasteiger partial charge in [0.05, 0.1) is 6.54 Å². The average molecular weight is 198 g/mol. The molecular weight excluding hydrogens is 188 g/mol. The van der Waals surface area contributed by atoms with E-state index in [2.05, 4.69) is 15.5 Å². The van der Waals surface area contributed by atoms with E-state index in [1.165, 1.54) is 6.07 Å². The van der Waals surface area contributed by atoms with Gasteiger partial charge in [0.1, 0.15) is 0 Å². The molecule has 0 saturated heterocycles. The van der Waals surface area contributed by atoms with E-state index in [1.54, 1.807) is 0 Å². The molecule has 0 fully saturated rings. The molecular formula is C6H10N6O2. The summed E-state index contributed by atoms with van der Waals surface area (Å²) in [6.07, 6.45) is 0. The molecule has 7 N–H and O–H groups in total. The molecule has 1 aromatic rings. The summed E-state index contributed by atoms with van der Waals surface area (Å²) < 4.78 is 0. The van der Waals surface area contributed by atoms with Gasteiger partial charge in [0, 0.05) is 11.8 Å². The highest BCUT2D eigenvalue weighted by Gasteiger charge is 1.94. The lowest BCUT2D eigenvalue weighted by Gasteiger charge is -1.99. The number of nitrogens with one attached hydrogen (secondary N) is 3. The predicted molar refractivity (Wildman–Crippen MR) is 50.3 cm³/mol. The summed E-state index contributed by atoms with van der Waals surface area (Å²) in [6, 6.07) is 1.23. The SMILES string of the molecule is NC(N)=NNCc1cc(=O)[nH]c(=O)[nH]1. The van der Waals surface area contributed by atoms with Gasteiger partial charge in [-0.3, -0.25) is 9.78 Å². The largest absolute Gasteiger partial charge is 0.369 e. The van der Waals surface area contributed by atoms with Crippen LogP contribution in [0.25, 0.3) is 0 Å². The van der Waals surface area contributed by atoms with E-state index in [4.69, 9.17) is 11.5 Å². The molecule has 0 radical (unpaired) electrons. The number of aromatic amines is 2. The van der Waals surface area contributed by atoms with Gasteiger partial charge in [-0.2, -0.15) is 0 Å².